The van der Waals surface area contributed by atoms with Gasteiger partial charge in [0.05, 0.1) is 11.1 Å². The molecule has 3 heteroatoms. The van der Waals surface area contributed by atoms with Gasteiger partial charge in [0.25, 0.3) is 0 Å². The van der Waals surface area contributed by atoms with Crippen molar-refractivity contribution in [3.05, 3.63) is 35.9 Å². The molecule has 3 nitrogen and oxygen atoms in total. The Morgan fingerprint density at radius 1 is 1.29 bits per heavy atom. The van der Waals surface area contributed by atoms with Gasteiger partial charge in [-0.05, 0) is 39.2 Å². The summed E-state index contributed by atoms with van der Waals surface area (Å²) in [5.74, 6) is 0. The Labute approximate surface area is 128 Å². The summed E-state index contributed by atoms with van der Waals surface area (Å²) in [6.07, 6.45) is 2.39. The third kappa shape index (κ3) is 3.15. The highest BCUT2D eigenvalue weighted by molar-refractivity contribution is 5.25. The lowest BCUT2D eigenvalue weighted by atomic mass is 9.87. The van der Waals surface area contributed by atoms with Gasteiger partial charge in [0, 0.05) is 32.3 Å². The first-order valence-corrected chi connectivity index (χ1v) is 8.19. The zero-order chi connectivity index (χ0) is 14.9. The minimum atomic E-state index is 0.0305. The summed E-state index contributed by atoms with van der Waals surface area (Å²) in [7, 11) is 0. The van der Waals surface area contributed by atoms with Crippen molar-refractivity contribution >= 4 is 0 Å². The third-order valence-corrected chi connectivity index (χ3v) is 5.18. The zero-order valence-electron chi connectivity index (χ0n) is 13.6. The van der Waals surface area contributed by atoms with Crippen molar-refractivity contribution in [3.63, 3.8) is 0 Å². The normalized spacial score (nSPS) is 37.8. The molecule has 0 saturated carbocycles. The summed E-state index contributed by atoms with van der Waals surface area (Å²) in [6, 6.07) is 11.4. The maximum atomic E-state index is 6.00. The summed E-state index contributed by atoms with van der Waals surface area (Å²) >= 11 is 0. The first-order valence-electron chi connectivity index (χ1n) is 8.19. The molecule has 0 radical (unpaired) electrons. The number of hydrogen-bond acceptors (Lipinski definition) is 3. The topological polar surface area (TPSA) is 24.5 Å². The predicted molar refractivity (Wildman–Crippen MR) is 86.4 cm³/mol. The highest BCUT2D eigenvalue weighted by atomic mass is 16.5. The van der Waals surface area contributed by atoms with E-state index in [2.05, 4.69) is 61.3 Å². The van der Waals surface area contributed by atoms with Crippen LogP contribution in [-0.2, 0) is 10.3 Å². The standard InChI is InChI=1S/C18H28N2O/c1-15-12-19-18(3,16-8-5-4-6-9-16)14-20(15)13-17(2)10-7-11-21-17/h4-6,8-9,15,19H,7,10-14H2,1-3H3. The fourth-order valence-electron chi connectivity index (χ4n) is 3.72. The third-order valence-electron chi connectivity index (χ3n) is 5.18. The number of nitrogens with one attached hydrogen (secondary N) is 1. The van der Waals surface area contributed by atoms with Gasteiger partial charge in [-0.15, -0.1) is 0 Å². The summed E-state index contributed by atoms with van der Waals surface area (Å²) in [5, 5.41) is 3.75. The number of nitrogens with zero attached hydrogens (tertiary/aromatic N) is 1. The molecule has 0 amide bonds. The zero-order valence-corrected chi connectivity index (χ0v) is 13.6. The number of piperazine rings is 1. The van der Waals surface area contributed by atoms with Gasteiger partial charge in [-0.1, -0.05) is 30.3 Å². The Hall–Kier alpha value is -0.900. The van der Waals surface area contributed by atoms with Crippen molar-refractivity contribution < 1.29 is 4.74 Å². The van der Waals surface area contributed by atoms with E-state index in [1.807, 2.05) is 0 Å². The van der Waals surface area contributed by atoms with Crippen LogP contribution in [0.4, 0.5) is 0 Å². The Morgan fingerprint density at radius 2 is 2.05 bits per heavy atom. The molecule has 2 saturated heterocycles. The molecule has 3 atom stereocenters. The van der Waals surface area contributed by atoms with Gasteiger partial charge in [0.15, 0.2) is 0 Å². The fourth-order valence-corrected chi connectivity index (χ4v) is 3.72. The van der Waals surface area contributed by atoms with Gasteiger partial charge in [0.2, 0.25) is 0 Å². The smallest absolute Gasteiger partial charge is 0.0781 e. The van der Waals surface area contributed by atoms with Crippen LogP contribution in [0.3, 0.4) is 0 Å². The van der Waals surface area contributed by atoms with Crippen LogP contribution in [0.5, 0.6) is 0 Å². The summed E-state index contributed by atoms with van der Waals surface area (Å²) < 4.78 is 6.00. The minimum Gasteiger partial charge on any atom is -0.374 e. The molecular weight excluding hydrogens is 260 g/mol. The second kappa shape index (κ2) is 5.71. The average molecular weight is 288 g/mol. The lowest BCUT2D eigenvalue weighted by Crippen LogP contribution is -2.62. The molecule has 1 N–H and O–H groups in total. The molecule has 21 heavy (non-hydrogen) atoms. The van der Waals surface area contributed by atoms with E-state index in [1.165, 1.54) is 18.4 Å². The van der Waals surface area contributed by atoms with E-state index < -0.39 is 0 Å². The van der Waals surface area contributed by atoms with Crippen molar-refractivity contribution in [2.45, 2.75) is 50.8 Å². The van der Waals surface area contributed by atoms with E-state index in [-0.39, 0.29) is 11.1 Å². The van der Waals surface area contributed by atoms with Crippen molar-refractivity contribution in [3.8, 4) is 0 Å². The van der Waals surface area contributed by atoms with Gasteiger partial charge in [-0.3, -0.25) is 4.90 Å². The van der Waals surface area contributed by atoms with Crippen LogP contribution in [0.15, 0.2) is 30.3 Å². The lowest BCUT2D eigenvalue weighted by molar-refractivity contribution is -0.0335. The molecule has 1 aromatic carbocycles. The van der Waals surface area contributed by atoms with Crippen LogP contribution in [0, 0.1) is 0 Å². The molecule has 3 rings (SSSR count). The highest BCUT2D eigenvalue weighted by Crippen LogP contribution is 2.31. The second-order valence-corrected chi connectivity index (χ2v) is 7.23. The predicted octanol–water partition coefficient (Wildman–Crippen LogP) is 2.76. The Kier molecular flexibility index (Phi) is 4.08. The molecule has 2 aliphatic heterocycles. The molecule has 0 aromatic heterocycles. The average Bonchev–Trinajstić information content (AvgIpc) is 2.91. The van der Waals surface area contributed by atoms with Crippen molar-refractivity contribution in [1.29, 1.82) is 0 Å². The number of ether oxygens (including phenoxy) is 1. The van der Waals surface area contributed by atoms with E-state index in [0.29, 0.717) is 6.04 Å². The monoisotopic (exact) mass is 288 g/mol. The number of benzene rings is 1. The Bertz CT molecular complexity index is 469. The van der Waals surface area contributed by atoms with Gasteiger partial charge in [-0.2, -0.15) is 0 Å². The van der Waals surface area contributed by atoms with Gasteiger partial charge in [0.1, 0.15) is 0 Å². The van der Waals surface area contributed by atoms with Crippen LogP contribution >= 0.6 is 0 Å². The molecule has 116 valence electrons. The summed E-state index contributed by atoms with van der Waals surface area (Å²) in [5.41, 5.74) is 1.45. The molecule has 0 aliphatic carbocycles. The van der Waals surface area contributed by atoms with Crippen LogP contribution in [0.2, 0.25) is 0 Å². The molecule has 1 aromatic rings. The van der Waals surface area contributed by atoms with Crippen LogP contribution in [0.25, 0.3) is 0 Å². The van der Waals surface area contributed by atoms with E-state index in [0.717, 1.165) is 26.2 Å². The lowest BCUT2D eigenvalue weighted by Gasteiger charge is -2.47. The van der Waals surface area contributed by atoms with Crippen molar-refractivity contribution in [2.75, 3.05) is 26.2 Å². The van der Waals surface area contributed by atoms with Crippen molar-refractivity contribution in [2.24, 2.45) is 0 Å². The first kappa shape index (κ1) is 15.0. The second-order valence-electron chi connectivity index (χ2n) is 7.23. The minimum absolute atomic E-state index is 0.0305. The molecule has 2 heterocycles. The molecule has 2 aliphatic rings. The highest BCUT2D eigenvalue weighted by Gasteiger charge is 2.39. The van der Waals surface area contributed by atoms with Gasteiger partial charge >= 0.3 is 0 Å². The maximum Gasteiger partial charge on any atom is 0.0781 e. The Morgan fingerprint density at radius 3 is 2.71 bits per heavy atom. The molecule has 2 fully saturated rings. The molecule has 3 unspecified atom stereocenters. The van der Waals surface area contributed by atoms with Crippen LogP contribution in [0.1, 0.15) is 39.2 Å². The quantitative estimate of drug-likeness (QED) is 0.925. The molecule has 0 spiro atoms. The maximum absolute atomic E-state index is 6.00. The largest absolute Gasteiger partial charge is 0.374 e. The molecule has 0 bridgehead atoms. The van der Waals surface area contributed by atoms with Crippen molar-refractivity contribution in [1.82, 2.24) is 10.2 Å². The summed E-state index contributed by atoms with van der Waals surface area (Å²) in [4.78, 5) is 2.61. The van der Waals surface area contributed by atoms with Crippen LogP contribution in [-0.4, -0.2) is 42.8 Å². The SMILES string of the molecule is CC1CNC(C)(c2ccccc2)CN1CC1(C)CCCO1. The Balaban J connectivity index is 1.75. The summed E-state index contributed by atoms with van der Waals surface area (Å²) in [6.45, 7) is 10.9. The van der Waals surface area contributed by atoms with Gasteiger partial charge in [-0.25, -0.2) is 0 Å². The van der Waals surface area contributed by atoms with E-state index >= 15 is 0 Å². The number of rotatable bonds is 3. The van der Waals surface area contributed by atoms with Gasteiger partial charge < -0.3 is 10.1 Å². The van der Waals surface area contributed by atoms with E-state index in [1.54, 1.807) is 0 Å². The number of hydrogen-bond donors (Lipinski definition) is 1. The van der Waals surface area contributed by atoms with E-state index in [4.69, 9.17) is 4.74 Å². The van der Waals surface area contributed by atoms with Crippen LogP contribution < -0.4 is 5.32 Å². The first-order chi connectivity index (χ1) is 10.0. The molecular formula is C18H28N2O. The van der Waals surface area contributed by atoms with E-state index in [9.17, 15) is 0 Å². The fraction of sp³-hybridized carbons (Fsp3) is 0.667.